The van der Waals surface area contributed by atoms with Gasteiger partial charge in [-0.15, -0.1) is 0 Å². The first kappa shape index (κ1) is 74.7. The van der Waals surface area contributed by atoms with Gasteiger partial charge < -0.3 is 0 Å². The number of fused-ring (bicyclic) bond motifs is 4. The van der Waals surface area contributed by atoms with Gasteiger partial charge in [-0.3, -0.25) is 0 Å². The van der Waals surface area contributed by atoms with Crippen LogP contribution in [0.15, 0.2) is 485 Å². The first-order valence-electron chi connectivity index (χ1n) is 41.8. The van der Waals surface area contributed by atoms with E-state index in [0.717, 1.165) is 89.1 Å². The normalized spacial score (nSPS) is 12.2. The number of rotatable bonds is 20. The van der Waals surface area contributed by atoms with E-state index in [9.17, 15) is 0 Å². The van der Waals surface area contributed by atoms with Crippen LogP contribution in [0.5, 0.6) is 0 Å². The van der Waals surface area contributed by atoms with Gasteiger partial charge in [-0.05, 0) is 21.5 Å². The van der Waals surface area contributed by atoms with E-state index in [1.165, 1.54) is 105 Å². The van der Waals surface area contributed by atoms with Crippen molar-refractivity contribution in [1.29, 1.82) is 0 Å². The SMILES string of the molecule is C(=C(/c1ccccc1)c1cc[c]([Ge]([c]2ccc(/C(=C/c3ccc(-c4cccc5ccccc45)cc3)c3ccccc3)cc2)([c]2ccc(/C(=C/c3ccc(-c4cccc5ccccc45)cc3)c3ccccc3)cc2)[c]2ccc(/C(=C/c3ccc(-c4cccc5ccccc45)cc3)c3ccccc3)cc2)cc1)/c1ccc(-c2cccc3ccccc23)cc1. The van der Waals surface area contributed by atoms with Crippen LogP contribution in [0.3, 0.4) is 0 Å². The molecule has 0 saturated carbocycles. The van der Waals surface area contributed by atoms with Crippen molar-refractivity contribution in [3.63, 3.8) is 0 Å². The van der Waals surface area contributed by atoms with Gasteiger partial charge in [-0.1, -0.05) is 146 Å². The molecule has 0 heterocycles. The van der Waals surface area contributed by atoms with Crippen LogP contribution >= 0.6 is 0 Å². The predicted molar refractivity (Wildman–Crippen MR) is 521 cm³/mol. The molecule has 121 heavy (non-hydrogen) atoms. The Morgan fingerprint density at radius 1 is 0.140 bits per heavy atom. The predicted octanol–water partition coefficient (Wildman–Crippen LogP) is 28.7. The molecular formula is C120H84Ge. The first-order valence-corrected chi connectivity index (χ1v) is 46.0. The fourth-order valence-electron chi connectivity index (χ4n) is 18.0. The van der Waals surface area contributed by atoms with E-state index in [-0.39, 0.29) is 0 Å². The quantitative estimate of drug-likeness (QED) is 0.0527. The van der Waals surface area contributed by atoms with Crippen LogP contribution in [0, 0.1) is 0 Å². The van der Waals surface area contributed by atoms with Crippen molar-refractivity contribution in [2.45, 2.75) is 0 Å². The molecule has 0 aliphatic rings. The Kier molecular flexibility index (Phi) is 20.9. The Bertz CT molecular complexity index is 6320. The molecule has 0 atom stereocenters. The third-order valence-corrected chi connectivity index (χ3v) is 34.2. The molecular weight excluding hydrogens is 1510 g/mol. The number of hydrogen-bond acceptors (Lipinski definition) is 0. The summed E-state index contributed by atoms with van der Waals surface area (Å²) in [5.41, 5.74) is 27.9. The van der Waals surface area contributed by atoms with Crippen molar-refractivity contribution >= 4 is 121 Å². The third kappa shape index (κ3) is 15.4. The first-order chi connectivity index (χ1) is 59.9. The van der Waals surface area contributed by atoms with Crippen molar-refractivity contribution in [1.82, 2.24) is 0 Å². The van der Waals surface area contributed by atoms with Crippen LogP contribution in [0.1, 0.15) is 66.8 Å². The van der Waals surface area contributed by atoms with Gasteiger partial charge >= 0.3 is 550 Å². The molecule has 0 spiro atoms. The van der Waals surface area contributed by atoms with E-state index >= 15 is 0 Å². The standard InChI is InChI=1S/C120H84Ge/c1-5-25-93(26-6-1)117(81-85-49-57-97(58-50-85)113-45-21-37-89-33-13-17-41-109(89)113)101-65-73-105(74-66-101)121(106-75-67-102(68-76-106)118(94-27-7-2-8-28-94)82-86-51-59-98(60-52-86)114-46-22-38-90-34-14-18-42-110(90)114,107-77-69-103(70-78-107)119(95-29-9-3-10-30-95)83-87-53-61-99(62-54-87)115-47-23-39-91-35-15-19-43-111(91)115)108-79-71-104(72-80-108)120(96-31-11-4-12-32-96)84-88-55-63-100(64-56-88)116-48-24-40-92-36-16-20-44-112(92)116/h1-84H/b117-81+,118-82+,119-83+,120-84+. The Hall–Kier alpha value is -15.1. The maximum absolute atomic E-state index is 4.34. The number of benzene rings is 20. The summed E-state index contributed by atoms with van der Waals surface area (Å²) in [7, 11) is 0. The van der Waals surface area contributed by atoms with Gasteiger partial charge in [0.25, 0.3) is 0 Å². The molecule has 0 saturated heterocycles. The van der Waals surface area contributed by atoms with E-state index in [2.05, 4.69) is 510 Å². The van der Waals surface area contributed by atoms with Gasteiger partial charge in [-0.25, -0.2) is 0 Å². The average molecular weight is 1600 g/mol. The van der Waals surface area contributed by atoms with Crippen LogP contribution in [-0.2, 0) is 0 Å². The van der Waals surface area contributed by atoms with E-state index < -0.39 is 13.3 Å². The van der Waals surface area contributed by atoms with Gasteiger partial charge in [0.15, 0.2) is 0 Å². The molecule has 0 unspecified atom stereocenters. The van der Waals surface area contributed by atoms with Crippen LogP contribution in [-0.4, -0.2) is 13.3 Å². The van der Waals surface area contributed by atoms with Crippen LogP contribution in [0.4, 0.5) is 0 Å². The second kappa shape index (κ2) is 33.9. The molecule has 0 N–H and O–H groups in total. The summed E-state index contributed by atoms with van der Waals surface area (Å²) < 4.78 is 5.24. The molecule has 0 aromatic heterocycles. The van der Waals surface area contributed by atoms with Gasteiger partial charge in [0.05, 0.1) is 0 Å². The molecule has 20 aromatic rings. The summed E-state index contributed by atoms with van der Waals surface area (Å²) in [5, 5.41) is 9.94. The second-order valence-corrected chi connectivity index (χ2v) is 39.3. The molecule has 0 amide bonds. The molecule has 0 radical (unpaired) electrons. The number of hydrogen-bond donors (Lipinski definition) is 0. The van der Waals surface area contributed by atoms with E-state index in [4.69, 9.17) is 0 Å². The molecule has 20 rings (SSSR count). The summed E-state index contributed by atoms with van der Waals surface area (Å²) in [6.45, 7) is 0. The molecule has 0 nitrogen and oxygen atoms in total. The third-order valence-electron chi connectivity index (χ3n) is 24.1. The zero-order chi connectivity index (χ0) is 80.7. The van der Waals surface area contributed by atoms with Crippen molar-refractivity contribution in [2.24, 2.45) is 0 Å². The maximum atomic E-state index is 2.48. The molecule has 568 valence electrons. The summed E-state index contributed by atoms with van der Waals surface area (Å²) in [6, 6.07) is 180. The van der Waals surface area contributed by atoms with Crippen LogP contribution in [0.2, 0.25) is 0 Å². The van der Waals surface area contributed by atoms with E-state index in [1.807, 2.05) is 0 Å². The fourth-order valence-corrected chi connectivity index (χ4v) is 27.8. The summed E-state index contributed by atoms with van der Waals surface area (Å²) in [4.78, 5) is 0. The summed E-state index contributed by atoms with van der Waals surface area (Å²) in [6.07, 6.45) is 9.48. The Morgan fingerprint density at radius 3 is 0.521 bits per heavy atom. The molecule has 0 bridgehead atoms. The summed E-state index contributed by atoms with van der Waals surface area (Å²) in [5.74, 6) is 0. The Labute approximate surface area is 711 Å². The van der Waals surface area contributed by atoms with Crippen molar-refractivity contribution in [2.75, 3.05) is 0 Å². The monoisotopic (exact) mass is 1600 g/mol. The molecule has 0 fully saturated rings. The average Bonchev–Trinajstić information content (AvgIpc) is 0.725. The Balaban J connectivity index is 0.762. The zero-order valence-corrected chi connectivity index (χ0v) is 69.1. The molecule has 20 aromatic carbocycles. The van der Waals surface area contributed by atoms with Gasteiger partial charge in [0.1, 0.15) is 0 Å². The van der Waals surface area contributed by atoms with Crippen LogP contribution in [0.25, 0.3) is 134 Å². The van der Waals surface area contributed by atoms with Crippen molar-refractivity contribution in [3.05, 3.63) is 552 Å². The Morgan fingerprint density at radius 2 is 0.314 bits per heavy atom. The molecule has 0 aliphatic heterocycles. The molecule has 0 aliphatic carbocycles. The minimum absolute atomic E-state index is 1.13. The fraction of sp³-hybridized carbons (Fsp3) is 0. The summed E-state index contributed by atoms with van der Waals surface area (Å²) >= 11 is -4.34. The topological polar surface area (TPSA) is 0 Å². The van der Waals surface area contributed by atoms with E-state index in [0.29, 0.717) is 0 Å². The van der Waals surface area contributed by atoms with Crippen molar-refractivity contribution in [3.8, 4) is 44.5 Å². The van der Waals surface area contributed by atoms with Crippen LogP contribution < -0.4 is 17.6 Å². The molecule has 1 heteroatoms. The van der Waals surface area contributed by atoms with Gasteiger partial charge in [0, 0.05) is 0 Å². The van der Waals surface area contributed by atoms with Gasteiger partial charge in [-0.2, -0.15) is 0 Å². The second-order valence-electron chi connectivity index (χ2n) is 31.4. The van der Waals surface area contributed by atoms with E-state index in [1.54, 1.807) is 0 Å². The zero-order valence-electron chi connectivity index (χ0n) is 67.0. The minimum atomic E-state index is -4.34. The van der Waals surface area contributed by atoms with Gasteiger partial charge in [0.2, 0.25) is 0 Å². The van der Waals surface area contributed by atoms with Crippen molar-refractivity contribution < 1.29 is 0 Å².